The average molecular weight is 337 g/mol. The first-order valence-electron chi connectivity index (χ1n) is 7.38. The molecule has 2 rings (SSSR count). The smallest absolute Gasteiger partial charge is 0.305 e. The van der Waals surface area contributed by atoms with Crippen LogP contribution in [0.25, 0.3) is 0 Å². The van der Waals surface area contributed by atoms with Gasteiger partial charge in [-0.2, -0.15) is 0 Å². The molecular formula is C15H19N3O6. The summed E-state index contributed by atoms with van der Waals surface area (Å²) < 4.78 is 5.22. The predicted molar refractivity (Wildman–Crippen MR) is 84.9 cm³/mol. The molecule has 1 unspecified atom stereocenters. The Morgan fingerprint density at radius 1 is 1.46 bits per heavy atom. The highest BCUT2D eigenvalue weighted by atomic mass is 16.6. The summed E-state index contributed by atoms with van der Waals surface area (Å²) in [6.45, 7) is 0.389. The van der Waals surface area contributed by atoms with Gasteiger partial charge in [-0.3, -0.25) is 19.7 Å². The average Bonchev–Trinajstić information content (AvgIpc) is 2.93. The fourth-order valence-corrected chi connectivity index (χ4v) is 2.76. The Bertz CT molecular complexity index is 642. The van der Waals surface area contributed by atoms with Crippen LogP contribution < -0.4 is 10.2 Å². The van der Waals surface area contributed by atoms with E-state index in [-0.39, 0.29) is 25.3 Å². The van der Waals surface area contributed by atoms with E-state index in [1.165, 1.54) is 11.0 Å². The second kappa shape index (κ2) is 7.26. The molecule has 1 aliphatic heterocycles. The van der Waals surface area contributed by atoms with E-state index in [2.05, 4.69) is 5.32 Å². The van der Waals surface area contributed by atoms with E-state index in [0.717, 1.165) is 0 Å². The van der Waals surface area contributed by atoms with E-state index >= 15 is 0 Å². The van der Waals surface area contributed by atoms with Gasteiger partial charge in [-0.1, -0.05) is 12.1 Å². The lowest BCUT2D eigenvalue weighted by atomic mass is 9.94. The summed E-state index contributed by atoms with van der Waals surface area (Å²) >= 11 is 0. The van der Waals surface area contributed by atoms with Gasteiger partial charge in [-0.15, -0.1) is 0 Å². The maximum Gasteiger partial charge on any atom is 0.305 e. The van der Waals surface area contributed by atoms with Crippen LogP contribution in [0.2, 0.25) is 0 Å². The third-order valence-corrected chi connectivity index (χ3v) is 3.87. The summed E-state index contributed by atoms with van der Waals surface area (Å²) in [5, 5.41) is 22.8. The Morgan fingerprint density at radius 3 is 2.75 bits per heavy atom. The molecule has 0 aromatic heterocycles. The van der Waals surface area contributed by atoms with E-state index in [9.17, 15) is 19.7 Å². The predicted octanol–water partition coefficient (Wildman–Crippen LogP) is 0.781. The third kappa shape index (κ3) is 4.19. The standard InChI is InChI=1S/C15H19N3O6/c1-17(11-4-2-3-5-12(11)18(22)23)9-13(19)16-15(8-14(20)21)6-7-24-10-15/h2-5H,6-10H2,1H3,(H,16,19)(H,20,21). The molecule has 1 saturated heterocycles. The topological polar surface area (TPSA) is 122 Å². The number of nitrogens with zero attached hydrogens (tertiary/aromatic N) is 2. The Kier molecular flexibility index (Phi) is 5.35. The molecule has 1 aromatic carbocycles. The summed E-state index contributed by atoms with van der Waals surface area (Å²) in [5.74, 6) is -1.43. The van der Waals surface area contributed by atoms with Crippen molar-refractivity contribution in [2.45, 2.75) is 18.4 Å². The second-order valence-electron chi connectivity index (χ2n) is 5.80. The molecule has 9 nitrogen and oxygen atoms in total. The van der Waals surface area contributed by atoms with Crippen LogP contribution in [0.4, 0.5) is 11.4 Å². The van der Waals surface area contributed by atoms with Gasteiger partial charge >= 0.3 is 5.97 Å². The van der Waals surface area contributed by atoms with Gasteiger partial charge in [-0.05, 0) is 12.5 Å². The minimum atomic E-state index is -1.02. The van der Waals surface area contributed by atoms with Crippen LogP contribution in [-0.4, -0.2) is 54.3 Å². The number of carboxylic acid groups (broad SMARTS) is 1. The van der Waals surface area contributed by atoms with Crippen molar-refractivity contribution in [2.24, 2.45) is 0 Å². The Hall–Kier alpha value is -2.68. The summed E-state index contributed by atoms with van der Waals surface area (Å²) in [7, 11) is 1.57. The SMILES string of the molecule is CN(CC(=O)NC1(CC(=O)O)CCOC1)c1ccccc1[N+](=O)[O-]. The molecule has 1 fully saturated rings. The Balaban J connectivity index is 2.06. The number of rotatable bonds is 7. The number of carbonyl (C=O) groups is 2. The maximum atomic E-state index is 12.3. The van der Waals surface area contributed by atoms with Gasteiger partial charge in [0.1, 0.15) is 5.69 Å². The fourth-order valence-electron chi connectivity index (χ4n) is 2.76. The summed E-state index contributed by atoms with van der Waals surface area (Å²) in [5.41, 5.74) is -0.711. The molecule has 0 saturated carbocycles. The molecule has 2 N–H and O–H groups in total. The molecule has 0 bridgehead atoms. The number of nitro benzene ring substituents is 1. The Morgan fingerprint density at radius 2 is 2.17 bits per heavy atom. The van der Waals surface area contributed by atoms with Crippen molar-refractivity contribution in [1.29, 1.82) is 0 Å². The minimum absolute atomic E-state index is 0.0998. The van der Waals surface area contributed by atoms with Gasteiger partial charge in [0.15, 0.2) is 0 Å². The number of benzene rings is 1. The molecule has 0 aliphatic carbocycles. The maximum absolute atomic E-state index is 12.3. The van der Waals surface area contributed by atoms with Gasteiger partial charge in [0.2, 0.25) is 5.91 Å². The number of hydrogen-bond donors (Lipinski definition) is 2. The highest BCUT2D eigenvalue weighted by Gasteiger charge is 2.38. The highest BCUT2D eigenvalue weighted by Crippen LogP contribution is 2.27. The van der Waals surface area contributed by atoms with Crippen LogP contribution >= 0.6 is 0 Å². The summed E-state index contributed by atoms with van der Waals surface area (Å²) in [6.07, 6.45) is 0.189. The van der Waals surface area contributed by atoms with Crippen LogP contribution in [0.1, 0.15) is 12.8 Å². The van der Waals surface area contributed by atoms with E-state index in [1.807, 2.05) is 0 Å². The van der Waals surface area contributed by atoms with Gasteiger partial charge in [0, 0.05) is 19.7 Å². The zero-order valence-electron chi connectivity index (χ0n) is 13.2. The van der Waals surface area contributed by atoms with Crippen molar-refractivity contribution in [3.63, 3.8) is 0 Å². The third-order valence-electron chi connectivity index (χ3n) is 3.87. The van der Waals surface area contributed by atoms with Crippen molar-refractivity contribution in [1.82, 2.24) is 5.32 Å². The summed E-state index contributed by atoms with van der Waals surface area (Å²) in [6, 6.07) is 6.11. The van der Waals surface area contributed by atoms with Crippen LogP contribution in [0.5, 0.6) is 0 Å². The van der Waals surface area contributed by atoms with Crippen LogP contribution in [0, 0.1) is 10.1 Å². The van der Waals surface area contributed by atoms with E-state index in [1.54, 1.807) is 25.2 Å². The highest BCUT2D eigenvalue weighted by molar-refractivity contribution is 5.83. The van der Waals surface area contributed by atoms with E-state index in [0.29, 0.717) is 18.7 Å². The molecule has 0 radical (unpaired) electrons. The molecule has 9 heteroatoms. The fraction of sp³-hybridized carbons (Fsp3) is 0.467. The van der Waals surface area contributed by atoms with Crippen molar-refractivity contribution in [3.05, 3.63) is 34.4 Å². The quantitative estimate of drug-likeness (QED) is 0.557. The van der Waals surface area contributed by atoms with Gasteiger partial charge < -0.3 is 20.1 Å². The molecule has 24 heavy (non-hydrogen) atoms. The van der Waals surface area contributed by atoms with Crippen molar-refractivity contribution in [2.75, 3.05) is 31.7 Å². The number of likely N-dealkylation sites (N-methyl/N-ethyl adjacent to an activating group) is 1. The number of ether oxygens (including phenoxy) is 1. The van der Waals surface area contributed by atoms with Crippen LogP contribution in [0.15, 0.2) is 24.3 Å². The number of carbonyl (C=O) groups excluding carboxylic acids is 1. The minimum Gasteiger partial charge on any atom is -0.481 e. The number of para-hydroxylation sites is 2. The van der Waals surface area contributed by atoms with Crippen LogP contribution in [-0.2, 0) is 14.3 Å². The molecule has 1 heterocycles. The monoisotopic (exact) mass is 337 g/mol. The van der Waals surface area contributed by atoms with E-state index in [4.69, 9.17) is 9.84 Å². The zero-order chi connectivity index (χ0) is 17.7. The number of aliphatic carboxylic acids is 1. The second-order valence-corrected chi connectivity index (χ2v) is 5.80. The zero-order valence-corrected chi connectivity index (χ0v) is 13.2. The first kappa shape index (κ1) is 17.7. The molecular weight excluding hydrogens is 318 g/mol. The molecule has 1 atom stereocenters. The molecule has 1 aromatic rings. The molecule has 0 spiro atoms. The Labute approximate surface area is 138 Å². The van der Waals surface area contributed by atoms with Crippen molar-refractivity contribution in [3.8, 4) is 0 Å². The number of hydrogen-bond acceptors (Lipinski definition) is 6. The molecule has 130 valence electrons. The van der Waals surface area contributed by atoms with Crippen LogP contribution in [0.3, 0.4) is 0 Å². The first-order valence-corrected chi connectivity index (χ1v) is 7.38. The summed E-state index contributed by atoms with van der Waals surface area (Å²) in [4.78, 5) is 35.3. The number of nitrogens with one attached hydrogen (secondary N) is 1. The van der Waals surface area contributed by atoms with Gasteiger partial charge in [0.05, 0.1) is 30.0 Å². The first-order chi connectivity index (χ1) is 11.3. The van der Waals surface area contributed by atoms with Gasteiger partial charge in [0.25, 0.3) is 5.69 Å². The van der Waals surface area contributed by atoms with Crippen molar-refractivity contribution < 1.29 is 24.4 Å². The number of amides is 1. The molecule has 1 aliphatic rings. The van der Waals surface area contributed by atoms with Crippen molar-refractivity contribution >= 4 is 23.3 Å². The van der Waals surface area contributed by atoms with Gasteiger partial charge in [-0.25, -0.2) is 0 Å². The lowest BCUT2D eigenvalue weighted by Gasteiger charge is -2.28. The number of anilines is 1. The molecule has 1 amide bonds. The normalized spacial score (nSPS) is 19.7. The number of carboxylic acids is 1. The number of nitro groups is 1. The lowest BCUT2D eigenvalue weighted by Crippen LogP contribution is -2.53. The lowest BCUT2D eigenvalue weighted by molar-refractivity contribution is -0.384. The largest absolute Gasteiger partial charge is 0.481 e. The van der Waals surface area contributed by atoms with E-state index < -0.39 is 22.3 Å².